The van der Waals surface area contributed by atoms with E-state index in [0.29, 0.717) is 17.4 Å². The smallest absolute Gasteiger partial charge is 0.266 e. The summed E-state index contributed by atoms with van der Waals surface area (Å²) < 4.78 is 17.5. The lowest BCUT2D eigenvalue weighted by molar-refractivity contribution is -0.120. The van der Waals surface area contributed by atoms with E-state index in [0.717, 1.165) is 60.8 Å². The number of fused-ring (bicyclic) bond motifs is 1. The van der Waals surface area contributed by atoms with Crippen LogP contribution in [0.5, 0.6) is 11.5 Å². The maximum atomic E-state index is 13.2. The number of rotatable bonds is 9. The molecular formula is C24H30ClN3O4S. The van der Waals surface area contributed by atoms with E-state index < -0.39 is 0 Å². The van der Waals surface area contributed by atoms with Crippen molar-refractivity contribution in [1.29, 1.82) is 0 Å². The van der Waals surface area contributed by atoms with E-state index in [-0.39, 0.29) is 24.9 Å². The Hall–Kier alpha value is -2.39. The van der Waals surface area contributed by atoms with Crippen molar-refractivity contribution in [2.24, 2.45) is 0 Å². The van der Waals surface area contributed by atoms with Crippen LogP contribution in [0.15, 0.2) is 42.5 Å². The van der Waals surface area contributed by atoms with E-state index in [9.17, 15) is 4.79 Å². The summed E-state index contributed by atoms with van der Waals surface area (Å²) in [6, 6.07) is 13.5. The zero-order valence-corrected chi connectivity index (χ0v) is 20.6. The minimum atomic E-state index is -0.0977. The van der Waals surface area contributed by atoms with Gasteiger partial charge in [0.1, 0.15) is 11.5 Å². The second-order valence-corrected chi connectivity index (χ2v) is 8.80. The average Bonchev–Trinajstić information content (AvgIpc) is 3.24. The normalized spacial score (nSPS) is 14.0. The van der Waals surface area contributed by atoms with Gasteiger partial charge in [-0.2, -0.15) is 0 Å². The van der Waals surface area contributed by atoms with Crippen molar-refractivity contribution in [3.8, 4) is 11.5 Å². The average molecular weight is 492 g/mol. The molecule has 1 aliphatic heterocycles. The number of aryl methyl sites for hydroxylation is 1. The van der Waals surface area contributed by atoms with Gasteiger partial charge in [-0.05, 0) is 49.2 Å². The molecule has 0 N–H and O–H groups in total. The van der Waals surface area contributed by atoms with Gasteiger partial charge >= 0.3 is 0 Å². The highest BCUT2D eigenvalue weighted by Crippen LogP contribution is 2.31. The van der Waals surface area contributed by atoms with Crippen molar-refractivity contribution in [3.63, 3.8) is 0 Å². The molecule has 1 amide bonds. The van der Waals surface area contributed by atoms with Crippen LogP contribution >= 0.6 is 23.7 Å². The van der Waals surface area contributed by atoms with Gasteiger partial charge in [0, 0.05) is 26.2 Å². The standard InChI is InChI=1S/C24H29N3O4S.ClH/c1-18-5-3-6-20(15-18)31-17-23(28)27(10-4-9-26-11-13-30-14-12-26)24-25-21-8-7-19(29-2)16-22(21)32-24;/h3,5-8,15-16H,4,9-14,17H2,1-2H3;1H. The molecule has 2 heterocycles. The van der Waals surface area contributed by atoms with E-state index in [1.807, 2.05) is 49.4 Å². The maximum absolute atomic E-state index is 13.2. The van der Waals surface area contributed by atoms with Crippen LogP contribution in [-0.4, -0.2) is 68.9 Å². The number of aromatic nitrogens is 1. The molecule has 1 saturated heterocycles. The summed E-state index contributed by atoms with van der Waals surface area (Å²) in [6.45, 7) is 6.90. The fourth-order valence-corrected chi connectivity index (χ4v) is 4.70. The van der Waals surface area contributed by atoms with Gasteiger partial charge in [-0.3, -0.25) is 14.6 Å². The summed E-state index contributed by atoms with van der Waals surface area (Å²) in [4.78, 5) is 22.0. The monoisotopic (exact) mass is 491 g/mol. The maximum Gasteiger partial charge on any atom is 0.266 e. The second kappa shape index (κ2) is 12.2. The number of benzene rings is 2. The first kappa shape index (κ1) is 25.2. The highest BCUT2D eigenvalue weighted by molar-refractivity contribution is 7.22. The van der Waals surface area contributed by atoms with Crippen molar-refractivity contribution in [3.05, 3.63) is 48.0 Å². The number of nitrogens with zero attached hydrogens (tertiary/aromatic N) is 3. The molecule has 2 aromatic carbocycles. The van der Waals surface area contributed by atoms with E-state index in [1.165, 1.54) is 11.3 Å². The SMILES string of the molecule is COc1ccc2nc(N(CCCN3CCOCC3)C(=O)COc3cccc(C)c3)sc2c1.Cl. The number of morpholine rings is 1. The first-order chi connectivity index (χ1) is 15.6. The Morgan fingerprint density at radius 1 is 1.18 bits per heavy atom. The molecule has 0 radical (unpaired) electrons. The summed E-state index contributed by atoms with van der Waals surface area (Å²) >= 11 is 1.50. The number of halogens is 1. The van der Waals surface area contributed by atoms with Gasteiger partial charge in [-0.25, -0.2) is 4.98 Å². The molecule has 33 heavy (non-hydrogen) atoms. The fraction of sp³-hybridized carbons (Fsp3) is 0.417. The van der Waals surface area contributed by atoms with Crippen molar-refractivity contribution in [2.45, 2.75) is 13.3 Å². The number of amides is 1. The third-order valence-electron chi connectivity index (χ3n) is 5.43. The zero-order valence-electron chi connectivity index (χ0n) is 19.0. The number of hydrogen-bond donors (Lipinski definition) is 0. The first-order valence-corrected chi connectivity index (χ1v) is 11.7. The lowest BCUT2D eigenvalue weighted by Crippen LogP contribution is -2.40. The number of carbonyl (C=O) groups is 1. The van der Waals surface area contributed by atoms with Crippen LogP contribution in [0.4, 0.5) is 5.13 Å². The molecule has 1 aliphatic rings. The minimum absolute atomic E-state index is 0. The van der Waals surface area contributed by atoms with Crippen molar-refractivity contribution >= 4 is 45.0 Å². The highest BCUT2D eigenvalue weighted by atomic mass is 35.5. The number of anilines is 1. The molecule has 0 saturated carbocycles. The summed E-state index contributed by atoms with van der Waals surface area (Å²) in [6.07, 6.45) is 0.857. The van der Waals surface area contributed by atoms with E-state index in [1.54, 1.807) is 12.0 Å². The molecule has 0 bridgehead atoms. The third-order valence-corrected chi connectivity index (χ3v) is 6.47. The van der Waals surface area contributed by atoms with Gasteiger partial charge in [0.05, 0.1) is 30.5 Å². The van der Waals surface area contributed by atoms with Crippen LogP contribution in [0, 0.1) is 6.92 Å². The summed E-state index contributed by atoms with van der Waals surface area (Å²) in [5, 5.41) is 0.688. The molecule has 178 valence electrons. The molecule has 1 aromatic heterocycles. The van der Waals surface area contributed by atoms with Gasteiger partial charge in [0.15, 0.2) is 11.7 Å². The predicted octanol–water partition coefficient (Wildman–Crippen LogP) is 4.17. The number of hydrogen-bond acceptors (Lipinski definition) is 7. The summed E-state index contributed by atoms with van der Waals surface area (Å²) in [5.74, 6) is 1.38. The molecular weight excluding hydrogens is 462 g/mol. The predicted molar refractivity (Wildman–Crippen MR) is 134 cm³/mol. The van der Waals surface area contributed by atoms with E-state index in [4.69, 9.17) is 19.2 Å². The first-order valence-electron chi connectivity index (χ1n) is 10.9. The minimum Gasteiger partial charge on any atom is -0.497 e. The van der Waals surface area contributed by atoms with Crippen LogP contribution in [0.1, 0.15) is 12.0 Å². The molecule has 1 fully saturated rings. The Bertz CT molecular complexity index is 1060. The number of methoxy groups -OCH3 is 1. The number of ether oxygens (including phenoxy) is 3. The quantitative estimate of drug-likeness (QED) is 0.447. The zero-order chi connectivity index (χ0) is 22.3. The summed E-state index contributed by atoms with van der Waals surface area (Å²) in [5.41, 5.74) is 1.95. The van der Waals surface area contributed by atoms with E-state index >= 15 is 0 Å². The van der Waals surface area contributed by atoms with Crippen LogP contribution in [0.3, 0.4) is 0 Å². The second-order valence-electron chi connectivity index (χ2n) is 7.79. The largest absolute Gasteiger partial charge is 0.497 e. The topological polar surface area (TPSA) is 64.1 Å². The molecule has 7 nitrogen and oxygen atoms in total. The Balaban J connectivity index is 0.00000306. The molecule has 0 aliphatic carbocycles. The third kappa shape index (κ3) is 6.80. The lowest BCUT2D eigenvalue weighted by atomic mass is 10.2. The van der Waals surface area contributed by atoms with Crippen molar-refractivity contribution in [2.75, 3.05) is 58.0 Å². The van der Waals surface area contributed by atoms with E-state index in [2.05, 4.69) is 4.90 Å². The molecule has 9 heteroatoms. The summed E-state index contributed by atoms with van der Waals surface area (Å²) in [7, 11) is 1.65. The lowest BCUT2D eigenvalue weighted by Gasteiger charge is -2.27. The Labute approximate surface area is 204 Å². The van der Waals surface area contributed by atoms with Gasteiger partial charge in [-0.1, -0.05) is 23.5 Å². The fourth-order valence-electron chi connectivity index (χ4n) is 3.67. The van der Waals surface area contributed by atoms with Gasteiger partial charge < -0.3 is 14.2 Å². The van der Waals surface area contributed by atoms with Gasteiger partial charge in [-0.15, -0.1) is 12.4 Å². The van der Waals surface area contributed by atoms with Crippen LogP contribution in [-0.2, 0) is 9.53 Å². The van der Waals surface area contributed by atoms with Gasteiger partial charge in [0.25, 0.3) is 5.91 Å². The molecule has 0 atom stereocenters. The number of carbonyl (C=O) groups excluding carboxylic acids is 1. The van der Waals surface area contributed by atoms with Crippen LogP contribution in [0.2, 0.25) is 0 Å². The molecule has 3 aromatic rings. The number of thiazole rings is 1. The van der Waals surface area contributed by atoms with Gasteiger partial charge in [0.2, 0.25) is 0 Å². The Kier molecular flexibility index (Phi) is 9.31. The van der Waals surface area contributed by atoms with Crippen molar-refractivity contribution < 1.29 is 19.0 Å². The van der Waals surface area contributed by atoms with Crippen molar-refractivity contribution in [1.82, 2.24) is 9.88 Å². The highest BCUT2D eigenvalue weighted by Gasteiger charge is 2.21. The molecule has 4 rings (SSSR count). The van der Waals surface area contributed by atoms with Crippen LogP contribution < -0.4 is 14.4 Å². The molecule has 0 spiro atoms. The van der Waals surface area contributed by atoms with Crippen LogP contribution in [0.25, 0.3) is 10.2 Å². The Morgan fingerprint density at radius 2 is 2.00 bits per heavy atom. The Morgan fingerprint density at radius 3 is 2.76 bits per heavy atom. The molecule has 0 unspecified atom stereocenters.